The second-order valence-electron chi connectivity index (χ2n) is 8.03. The van der Waals surface area contributed by atoms with Crippen LogP contribution in [0.1, 0.15) is 41.6 Å². The number of carbonyl (C=O) groups is 1. The van der Waals surface area contributed by atoms with Gasteiger partial charge in [-0.05, 0) is 56.2 Å². The van der Waals surface area contributed by atoms with Crippen molar-refractivity contribution in [1.82, 2.24) is 9.97 Å². The summed E-state index contributed by atoms with van der Waals surface area (Å²) in [7, 11) is 0. The maximum atomic E-state index is 12.7. The van der Waals surface area contributed by atoms with E-state index in [2.05, 4.69) is 25.6 Å². The lowest BCUT2D eigenvalue weighted by molar-refractivity contribution is 0.102. The lowest BCUT2D eigenvalue weighted by Crippen LogP contribution is -2.38. The Labute approximate surface area is 191 Å². The van der Waals surface area contributed by atoms with Crippen LogP contribution in [0, 0.1) is 6.92 Å². The fraction of sp³-hybridized carbons (Fsp3) is 0.304. The highest BCUT2D eigenvalue weighted by Gasteiger charge is 2.26. The molecule has 1 aliphatic rings. The number of carbonyl (C=O) groups excluding carboxylic acids is 1. The first-order valence-electron chi connectivity index (χ1n) is 10.6. The SMILES string of the molecule is Cc1ccc2nc(NC(=O)c3ccc(Cl)cc3)nc(N[C@@H]3CCCC[C@@H]3N=C(N)N)c2c1. The number of fused-ring (bicyclic) bond motifs is 1. The standard InChI is InChI=1S/C23H26ClN7O/c1-13-6-11-17-16(12-13)20(27-18-4-2-3-5-19(18)28-22(25)26)30-23(29-17)31-21(32)14-7-9-15(24)10-8-14/h6-12,18-19H,2-5H2,1H3,(H4,25,26,28)(H2,27,29,30,31,32)/t18-,19+/m1/s1. The molecule has 1 fully saturated rings. The first kappa shape index (κ1) is 21.8. The molecule has 32 heavy (non-hydrogen) atoms. The molecule has 1 aliphatic carbocycles. The van der Waals surface area contributed by atoms with Gasteiger partial charge in [0.15, 0.2) is 5.96 Å². The minimum absolute atomic E-state index is 0.0317. The highest BCUT2D eigenvalue weighted by atomic mass is 35.5. The number of amides is 1. The van der Waals surface area contributed by atoms with E-state index in [4.69, 9.17) is 23.1 Å². The summed E-state index contributed by atoms with van der Waals surface area (Å²) in [6.07, 6.45) is 3.98. The van der Waals surface area contributed by atoms with Crippen molar-refractivity contribution in [3.63, 3.8) is 0 Å². The van der Waals surface area contributed by atoms with Crippen LogP contribution in [0.2, 0.25) is 5.02 Å². The fourth-order valence-electron chi connectivity index (χ4n) is 3.98. The zero-order chi connectivity index (χ0) is 22.7. The van der Waals surface area contributed by atoms with E-state index in [1.807, 2.05) is 25.1 Å². The minimum Gasteiger partial charge on any atom is -0.370 e. The molecule has 0 bridgehead atoms. The molecule has 0 radical (unpaired) electrons. The van der Waals surface area contributed by atoms with Crippen molar-refractivity contribution in [2.75, 3.05) is 10.6 Å². The van der Waals surface area contributed by atoms with Crippen molar-refractivity contribution < 1.29 is 4.79 Å². The summed E-state index contributed by atoms with van der Waals surface area (Å²) < 4.78 is 0. The Kier molecular flexibility index (Phi) is 6.41. The molecular formula is C23H26ClN7O. The molecule has 8 nitrogen and oxygen atoms in total. The Morgan fingerprint density at radius 2 is 1.84 bits per heavy atom. The summed E-state index contributed by atoms with van der Waals surface area (Å²) in [6.45, 7) is 2.02. The highest BCUT2D eigenvalue weighted by molar-refractivity contribution is 6.30. The number of aryl methyl sites for hydroxylation is 1. The van der Waals surface area contributed by atoms with Crippen LogP contribution < -0.4 is 22.1 Å². The Morgan fingerprint density at radius 1 is 1.09 bits per heavy atom. The molecule has 2 atom stereocenters. The van der Waals surface area contributed by atoms with Gasteiger partial charge in [-0.25, -0.2) is 9.98 Å². The normalized spacial score (nSPS) is 18.2. The fourth-order valence-corrected chi connectivity index (χ4v) is 4.11. The van der Waals surface area contributed by atoms with Gasteiger partial charge in [0, 0.05) is 16.0 Å². The molecule has 1 saturated carbocycles. The quantitative estimate of drug-likeness (QED) is 0.344. The Hall–Kier alpha value is -3.39. The van der Waals surface area contributed by atoms with Crippen molar-refractivity contribution in [2.45, 2.75) is 44.7 Å². The predicted molar refractivity (Wildman–Crippen MR) is 129 cm³/mol. The van der Waals surface area contributed by atoms with E-state index in [-0.39, 0.29) is 29.9 Å². The second-order valence-corrected chi connectivity index (χ2v) is 8.47. The van der Waals surface area contributed by atoms with Crippen LogP contribution in [-0.4, -0.2) is 33.9 Å². The van der Waals surface area contributed by atoms with E-state index in [1.54, 1.807) is 24.3 Å². The number of guanidine groups is 1. The molecule has 0 aliphatic heterocycles. The Morgan fingerprint density at radius 3 is 2.59 bits per heavy atom. The minimum atomic E-state index is -0.310. The third kappa shape index (κ3) is 5.08. The molecular weight excluding hydrogens is 426 g/mol. The topological polar surface area (TPSA) is 131 Å². The summed E-state index contributed by atoms with van der Waals surface area (Å²) >= 11 is 5.92. The molecule has 0 spiro atoms. The number of anilines is 2. The van der Waals surface area contributed by atoms with Crippen LogP contribution in [0.25, 0.3) is 10.9 Å². The number of halogens is 1. The van der Waals surface area contributed by atoms with E-state index in [0.29, 0.717) is 16.4 Å². The highest BCUT2D eigenvalue weighted by Crippen LogP contribution is 2.29. The summed E-state index contributed by atoms with van der Waals surface area (Å²) in [5, 5.41) is 7.76. The molecule has 2 aromatic carbocycles. The van der Waals surface area contributed by atoms with Gasteiger partial charge in [-0.1, -0.05) is 36.1 Å². The summed E-state index contributed by atoms with van der Waals surface area (Å²) in [5.74, 6) is 0.643. The molecule has 9 heteroatoms. The molecule has 1 heterocycles. The number of aliphatic imine (C=N–C) groups is 1. The number of benzene rings is 2. The lowest BCUT2D eigenvalue weighted by atomic mass is 9.90. The number of hydrogen-bond acceptors (Lipinski definition) is 5. The van der Waals surface area contributed by atoms with Gasteiger partial charge < -0.3 is 16.8 Å². The van der Waals surface area contributed by atoms with Gasteiger partial charge in [0.25, 0.3) is 5.91 Å². The van der Waals surface area contributed by atoms with E-state index in [0.717, 1.165) is 42.1 Å². The monoisotopic (exact) mass is 451 g/mol. The van der Waals surface area contributed by atoms with Crippen LogP contribution >= 0.6 is 11.6 Å². The zero-order valence-corrected chi connectivity index (χ0v) is 18.6. The average molecular weight is 452 g/mol. The van der Waals surface area contributed by atoms with E-state index in [1.165, 1.54) is 0 Å². The molecule has 0 unspecified atom stereocenters. The van der Waals surface area contributed by atoms with Crippen molar-refractivity contribution in [3.05, 3.63) is 58.6 Å². The zero-order valence-electron chi connectivity index (χ0n) is 17.8. The van der Waals surface area contributed by atoms with Gasteiger partial charge in [-0.2, -0.15) is 4.98 Å². The average Bonchev–Trinajstić information content (AvgIpc) is 2.75. The number of nitrogens with zero attached hydrogens (tertiary/aromatic N) is 3. The van der Waals surface area contributed by atoms with Crippen molar-refractivity contribution in [2.24, 2.45) is 16.5 Å². The van der Waals surface area contributed by atoms with Gasteiger partial charge in [0.05, 0.1) is 17.6 Å². The number of rotatable bonds is 5. The van der Waals surface area contributed by atoms with Gasteiger partial charge in [0.1, 0.15) is 5.82 Å². The maximum absolute atomic E-state index is 12.7. The van der Waals surface area contributed by atoms with Crippen molar-refractivity contribution in [1.29, 1.82) is 0 Å². The molecule has 1 amide bonds. The summed E-state index contributed by atoms with van der Waals surface area (Å²) in [5.41, 5.74) is 13.6. The molecule has 166 valence electrons. The number of nitrogens with two attached hydrogens (primary N) is 2. The van der Waals surface area contributed by atoms with Gasteiger partial charge >= 0.3 is 0 Å². The predicted octanol–water partition coefficient (Wildman–Crippen LogP) is 3.84. The van der Waals surface area contributed by atoms with E-state index >= 15 is 0 Å². The van der Waals surface area contributed by atoms with Gasteiger partial charge in [-0.3, -0.25) is 10.1 Å². The van der Waals surface area contributed by atoms with Crippen LogP contribution in [0.3, 0.4) is 0 Å². The lowest BCUT2D eigenvalue weighted by Gasteiger charge is -2.30. The van der Waals surface area contributed by atoms with E-state index < -0.39 is 0 Å². The maximum Gasteiger partial charge on any atom is 0.258 e. The molecule has 1 aromatic heterocycles. The number of nitrogens with one attached hydrogen (secondary N) is 2. The van der Waals surface area contributed by atoms with Crippen LogP contribution in [0.15, 0.2) is 47.5 Å². The Bertz CT molecular complexity index is 1160. The largest absolute Gasteiger partial charge is 0.370 e. The van der Waals surface area contributed by atoms with Crippen molar-refractivity contribution in [3.8, 4) is 0 Å². The van der Waals surface area contributed by atoms with Crippen molar-refractivity contribution >= 4 is 46.1 Å². The number of aromatic nitrogens is 2. The molecule has 6 N–H and O–H groups in total. The van der Waals surface area contributed by atoms with Gasteiger partial charge in [0.2, 0.25) is 5.95 Å². The van der Waals surface area contributed by atoms with Gasteiger partial charge in [-0.15, -0.1) is 0 Å². The first-order valence-corrected chi connectivity index (χ1v) is 11.0. The van der Waals surface area contributed by atoms with Crippen LogP contribution in [0.5, 0.6) is 0 Å². The smallest absolute Gasteiger partial charge is 0.258 e. The summed E-state index contributed by atoms with van der Waals surface area (Å²) in [6, 6.07) is 12.6. The van der Waals surface area contributed by atoms with Crippen LogP contribution in [0.4, 0.5) is 11.8 Å². The van der Waals surface area contributed by atoms with E-state index in [9.17, 15) is 4.79 Å². The third-order valence-electron chi connectivity index (χ3n) is 5.55. The first-order chi connectivity index (χ1) is 15.4. The molecule has 0 saturated heterocycles. The summed E-state index contributed by atoms with van der Waals surface area (Å²) in [4.78, 5) is 26.3. The van der Waals surface area contributed by atoms with Crippen LogP contribution in [-0.2, 0) is 0 Å². The Balaban J connectivity index is 1.67. The molecule has 4 rings (SSSR count). The third-order valence-corrected chi connectivity index (χ3v) is 5.80. The molecule has 3 aromatic rings. The number of hydrogen-bond donors (Lipinski definition) is 4. The second kappa shape index (κ2) is 9.40.